The third-order valence-corrected chi connectivity index (χ3v) is 5.37. The highest BCUT2D eigenvalue weighted by Crippen LogP contribution is 2.27. The summed E-state index contributed by atoms with van der Waals surface area (Å²) in [6.07, 6.45) is 9.22. The standard InChI is InChI=1S/C24H25N3O3/c1-16-5-4-6-19(11-16)27-15-26-21-12-17(8-10-22(21)27)24(28)25-14-18-7-9-20(29-2)13-23(18)30-3/h4-10,12-13,15,19H,11,14H2,1-3H3,(H,25,28). The Hall–Kier alpha value is -3.54. The fourth-order valence-corrected chi connectivity index (χ4v) is 3.72. The van der Waals surface area contributed by atoms with Gasteiger partial charge >= 0.3 is 0 Å². The largest absolute Gasteiger partial charge is 0.497 e. The van der Waals surface area contributed by atoms with Gasteiger partial charge in [-0.3, -0.25) is 4.79 Å². The van der Waals surface area contributed by atoms with Crippen LogP contribution in [0, 0.1) is 0 Å². The second-order valence-electron chi connectivity index (χ2n) is 7.39. The molecular formula is C24H25N3O3. The fraction of sp³-hybridized carbons (Fsp3) is 0.250. The minimum atomic E-state index is -0.152. The molecule has 1 aliphatic rings. The van der Waals surface area contributed by atoms with Crippen LogP contribution in [0.5, 0.6) is 11.5 Å². The topological polar surface area (TPSA) is 65.4 Å². The minimum absolute atomic E-state index is 0.152. The molecule has 154 valence electrons. The molecule has 30 heavy (non-hydrogen) atoms. The van der Waals surface area contributed by atoms with Crippen LogP contribution in [0.2, 0.25) is 0 Å². The first-order valence-electron chi connectivity index (χ1n) is 9.88. The molecule has 3 aromatic rings. The van der Waals surface area contributed by atoms with Gasteiger partial charge in [0.15, 0.2) is 0 Å². The molecule has 1 aromatic heterocycles. The van der Waals surface area contributed by atoms with E-state index in [4.69, 9.17) is 9.47 Å². The summed E-state index contributed by atoms with van der Waals surface area (Å²) < 4.78 is 12.8. The summed E-state index contributed by atoms with van der Waals surface area (Å²) in [7, 11) is 3.21. The summed E-state index contributed by atoms with van der Waals surface area (Å²) >= 11 is 0. The molecule has 2 aromatic carbocycles. The van der Waals surface area contributed by atoms with Gasteiger partial charge in [-0.15, -0.1) is 0 Å². The average molecular weight is 403 g/mol. The minimum Gasteiger partial charge on any atom is -0.497 e. The Morgan fingerprint density at radius 3 is 2.83 bits per heavy atom. The first kappa shape index (κ1) is 19.8. The lowest BCUT2D eigenvalue weighted by molar-refractivity contribution is 0.0951. The molecule has 0 bridgehead atoms. The fourth-order valence-electron chi connectivity index (χ4n) is 3.72. The second kappa shape index (κ2) is 8.45. The number of carbonyl (C=O) groups is 1. The molecule has 0 spiro atoms. The second-order valence-corrected chi connectivity index (χ2v) is 7.39. The van der Waals surface area contributed by atoms with Gasteiger partial charge in [0.2, 0.25) is 0 Å². The van der Waals surface area contributed by atoms with Crippen molar-refractivity contribution in [3.8, 4) is 11.5 Å². The van der Waals surface area contributed by atoms with Crippen molar-refractivity contribution in [2.75, 3.05) is 14.2 Å². The number of aromatic nitrogens is 2. The lowest BCUT2D eigenvalue weighted by Crippen LogP contribution is -2.23. The van der Waals surface area contributed by atoms with Crippen LogP contribution in [0.1, 0.15) is 35.3 Å². The Morgan fingerprint density at radius 2 is 2.07 bits per heavy atom. The quantitative estimate of drug-likeness (QED) is 0.661. The Labute approximate surface area is 175 Å². The van der Waals surface area contributed by atoms with E-state index in [1.54, 1.807) is 20.3 Å². The molecule has 1 N–H and O–H groups in total. The molecule has 1 amide bonds. The number of amides is 1. The van der Waals surface area contributed by atoms with Gasteiger partial charge in [-0.05, 0) is 43.7 Å². The van der Waals surface area contributed by atoms with E-state index in [0.29, 0.717) is 23.6 Å². The van der Waals surface area contributed by atoms with Crippen molar-refractivity contribution in [3.63, 3.8) is 0 Å². The zero-order chi connectivity index (χ0) is 21.1. The number of hydrogen-bond donors (Lipinski definition) is 1. The smallest absolute Gasteiger partial charge is 0.251 e. The first-order chi connectivity index (χ1) is 14.6. The van der Waals surface area contributed by atoms with Gasteiger partial charge in [-0.1, -0.05) is 23.8 Å². The summed E-state index contributed by atoms with van der Waals surface area (Å²) in [5, 5.41) is 2.96. The molecule has 1 heterocycles. The van der Waals surface area contributed by atoms with Gasteiger partial charge in [-0.25, -0.2) is 4.98 Å². The number of hydrogen-bond acceptors (Lipinski definition) is 4. The highest BCUT2D eigenvalue weighted by atomic mass is 16.5. The van der Waals surface area contributed by atoms with Crippen molar-refractivity contribution in [3.05, 3.63) is 77.7 Å². The number of nitrogens with one attached hydrogen (secondary N) is 1. The summed E-state index contributed by atoms with van der Waals surface area (Å²) in [5.41, 5.74) is 4.63. The SMILES string of the molecule is COc1ccc(CNC(=O)c2ccc3c(c2)ncn3C2C=CC=C(C)C2)c(OC)c1. The van der Waals surface area contributed by atoms with E-state index in [1.807, 2.05) is 36.7 Å². The van der Waals surface area contributed by atoms with Crippen LogP contribution in [-0.4, -0.2) is 29.7 Å². The number of benzene rings is 2. The van der Waals surface area contributed by atoms with E-state index in [-0.39, 0.29) is 11.9 Å². The summed E-state index contributed by atoms with van der Waals surface area (Å²) in [4.78, 5) is 17.2. The van der Waals surface area contributed by atoms with Gasteiger partial charge < -0.3 is 19.4 Å². The third-order valence-electron chi connectivity index (χ3n) is 5.37. The van der Waals surface area contributed by atoms with Crippen molar-refractivity contribution in [1.82, 2.24) is 14.9 Å². The number of methoxy groups -OCH3 is 2. The molecular weight excluding hydrogens is 378 g/mol. The normalized spacial score (nSPS) is 15.7. The Kier molecular flexibility index (Phi) is 5.57. The molecule has 0 saturated heterocycles. The van der Waals surface area contributed by atoms with Crippen LogP contribution >= 0.6 is 0 Å². The monoisotopic (exact) mass is 403 g/mol. The van der Waals surface area contributed by atoms with Gasteiger partial charge in [-0.2, -0.15) is 0 Å². The molecule has 1 aliphatic carbocycles. The number of allylic oxidation sites excluding steroid dienone is 4. The molecule has 6 heteroatoms. The van der Waals surface area contributed by atoms with Gasteiger partial charge in [0.1, 0.15) is 11.5 Å². The van der Waals surface area contributed by atoms with Crippen LogP contribution in [0.25, 0.3) is 11.0 Å². The molecule has 1 atom stereocenters. The van der Waals surface area contributed by atoms with Crippen molar-refractivity contribution in [1.29, 1.82) is 0 Å². The van der Waals surface area contributed by atoms with Gasteiger partial charge in [0.25, 0.3) is 5.91 Å². The number of rotatable bonds is 6. The number of nitrogens with zero attached hydrogens (tertiary/aromatic N) is 2. The summed E-state index contributed by atoms with van der Waals surface area (Å²) in [5.74, 6) is 1.23. The van der Waals surface area contributed by atoms with E-state index in [9.17, 15) is 4.79 Å². The molecule has 1 unspecified atom stereocenters. The maximum atomic E-state index is 12.7. The lowest BCUT2D eigenvalue weighted by atomic mass is 10.0. The Bertz CT molecular complexity index is 1140. The van der Waals surface area contributed by atoms with Crippen molar-refractivity contribution in [2.24, 2.45) is 0 Å². The predicted molar refractivity (Wildman–Crippen MR) is 117 cm³/mol. The highest BCUT2D eigenvalue weighted by Gasteiger charge is 2.16. The number of fused-ring (bicyclic) bond motifs is 1. The highest BCUT2D eigenvalue weighted by molar-refractivity contribution is 5.97. The zero-order valence-corrected chi connectivity index (χ0v) is 17.4. The van der Waals surface area contributed by atoms with Crippen molar-refractivity contribution < 1.29 is 14.3 Å². The average Bonchev–Trinajstić information content (AvgIpc) is 3.20. The van der Waals surface area contributed by atoms with E-state index < -0.39 is 0 Å². The van der Waals surface area contributed by atoms with Crippen molar-refractivity contribution >= 4 is 16.9 Å². The van der Waals surface area contributed by atoms with E-state index in [1.165, 1.54) is 5.57 Å². The lowest BCUT2D eigenvalue weighted by Gasteiger charge is -2.18. The summed E-state index contributed by atoms with van der Waals surface area (Å²) in [6.45, 7) is 2.49. The maximum absolute atomic E-state index is 12.7. The van der Waals surface area contributed by atoms with Crippen LogP contribution in [0.15, 0.2) is 66.5 Å². The number of carbonyl (C=O) groups excluding carboxylic acids is 1. The molecule has 0 radical (unpaired) electrons. The van der Waals surface area contributed by atoms with E-state index in [2.05, 4.69) is 40.0 Å². The molecule has 0 fully saturated rings. The Balaban J connectivity index is 1.49. The predicted octanol–water partition coefficient (Wildman–Crippen LogP) is 4.43. The zero-order valence-electron chi connectivity index (χ0n) is 17.4. The Morgan fingerprint density at radius 1 is 1.20 bits per heavy atom. The number of imidazole rings is 1. The van der Waals surface area contributed by atoms with Crippen LogP contribution < -0.4 is 14.8 Å². The number of ether oxygens (including phenoxy) is 2. The molecule has 0 saturated carbocycles. The molecule has 0 aliphatic heterocycles. The van der Waals surface area contributed by atoms with Gasteiger partial charge in [0.05, 0.1) is 37.6 Å². The third kappa shape index (κ3) is 3.94. The van der Waals surface area contributed by atoms with Crippen LogP contribution in [-0.2, 0) is 6.54 Å². The van der Waals surface area contributed by atoms with Crippen LogP contribution in [0.4, 0.5) is 0 Å². The maximum Gasteiger partial charge on any atom is 0.251 e. The molecule has 6 nitrogen and oxygen atoms in total. The molecule has 4 rings (SSSR count). The van der Waals surface area contributed by atoms with E-state index in [0.717, 1.165) is 23.0 Å². The van der Waals surface area contributed by atoms with E-state index >= 15 is 0 Å². The van der Waals surface area contributed by atoms with Crippen LogP contribution in [0.3, 0.4) is 0 Å². The van der Waals surface area contributed by atoms with Crippen molar-refractivity contribution in [2.45, 2.75) is 25.9 Å². The van der Waals surface area contributed by atoms with Gasteiger partial charge in [0, 0.05) is 23.7 Å². The first-order valence-corrected chi connectivity index (χ1v) is 9.88. The summed E-state index contributed by atoms with van der Waals surface area (Å²) in [6, 6.07) is 11.4.